The molecule has 0 aliphatic carbocycles. The maximum atomic E-state index is 9.74. The van der Waals surface area contributed by atoms with E-state index in [-0.39, 0.29) is 7.43 Å². The second kappa shape index (κ2) is 2.23. The molecule has 0 amide bonds. The number of rotatable bonds is 0. The van der Waals surface area contributed by atoms with E-state index < -0.39 is 5.82 Å². The summed E-state index contributed by atoms with van der Waals surface area (Å²) in [6, 6.07) is 0. The van der Waals surface area contributed by atoms with Gasteiger partial charge in [-0.05, 0) is 0 Å². The standard InChI is InChI=1S/C3H2O3.CH4/c4-3-5-1-2-6-3;/h1-2H;1H4. The van der Waals surface area contributed by atoms with Gasteiger partial charge in [0.05, 0.1) is 0 Å². The van der Waals surface area contributed by atoms with Crippen LogP contribution in [0.25, 0.3) is 0 Å². The Morgan fingerprint density at radius 1 is 1.29 bits per heavy atom. The second-order valence-corrected chi connectivity index (χ2v) is 0.758. The molecule has 1 heterocycles. The van der Waals surface area contributed by atoms with E-state index in [9.17, 15) is 4.79 Å². The summed E-state index contributed by atoms with van der Waals surface area (Å²) in [7, 11) is 0. The van der Waals surface area contributed by atoms with Crippen molar-refractivity contribution < 1.29 is 8.83 Å². The normalized spacial score (nSPS) is 7.43. The van der Waals surface area contributed by atoms with Gasteiger partial charge in [0.2, 0.25) is 0 Å². The summed E-state index contributed by atoms with van der Waals surface area (Å²) >= 11 is 0. The lowest BCUT2D eigenvalue weighted by Gasteiger charge is -1.49. The molecule has 7 heavy (non-hydrogen) atoms. The molecule has 1 aromatic heterocycles. The molecule has 40 valence electrons. The highest BCUT2D eigenvalue weighted by Gasteiger charge is 1.77. The third kappa shape index (κ3) is 1.26. The smallest absolute Gasteiger partial charge is 0.399 e. The molecular formula is C4H6O3. The van der Waals surface area contributed by atoms with Crippen LogP contribution in [0.15, 0.2) is 26.2 Å². The van der Waals surface area contributed by atoms with Crippen molar-refractivity contribution in [3.63, 3.8) is 0 Å². The van der Waals surface area contributed by atoms with Crippen molar-refractivity contribution in [2.24, 2.45) is 0 Å². The van der Waals surface area contributed by atoms with Crippen molar-refractivity contribution in [2.75, 3.05) is 0 Å². The molecule has 0 atom stereocenters. The minimum absolute atomic E-state index is 0. The molecule has 0 radical (unpaired) electrons. The molecule has 0 saturated carbocycles. The Morgan fingerprint density at radius 2 is 1.71 bits per heavy atom. The second-order valence-electron chi connectivity index (χ2n) is 0.758. The fourth-order valence-corrected chi connectivity index (χ4v) is 0.194. The molecule has 0 fully saturated rings. The zero-order chi connectivity index (χ0) is 4.41. The van der Waals surface area contributed by atoms with Gasteiger partial charge in [0.1, 0.15) is 12.5 Å². The Hall–Kier alpha value is -0.990. The minimum atomic E-state index is -0.657. The highest BCUT2D eigenvalue weighted by atomic mass is 16.5. The molecule has 0 aromatic carbocycles. The van der Waals surface area contributed by atoms with E-state index in [4.69, 9.17) is 0 Å². The van der Waals surface area contributed by atoms with Gasteiger partial charge in [0, 0.05) is 0 Å². The van der Waals surface area contributed by atoms with Crippen LogP contribution in [0.1, 0.15) is 7.43 Å². The monoisotopic (exact) mass is 102 g/mol. The topological polar surface area (TPSA) is 43.4 Å². The summed E-state index contributed by atoms with van der Waals surface area (Å²) in [6.07, 6.45) is 2.37. The van der Waals surface area contributed by atoms with Crippen LogP contribution in [0.3, 0.4) is 0 Å². The van der Waals surface area contributed by atoms with Gasteiger partial charge in [-0.15, -0.1) is 0 Å². The zero-order valence-corrected chi connectivity index (χ0v) is 2.88. The maximum absolute atomic E-state index is 9.74. The van der Waals surface area contributed by atoms with Gasteiger partial charge in [-0.1, -0.05) is 7.43 Å². The van der Waals surface area contributed by atoms with Gasteiger partial charge in [-0.25, -0.2) is 4.79 Å². The first-order valence-electron chi connectivity index (χ1n) is 1.42. The quantitative estimate of drug-likeness (QED) is 0.488. The van der Waals surface area contributed by atoms with Gasteiger partial charge in [-0.3, -0.25) is 0 Å². The Balaban J connectivity index is 0.000000360. The van der Waals surface area contributed by atoms with E-state index in [2.05, 4.69) is 8.83 Å². The maximum Gasteiger partial charge on any atom is 0.518 e. The molecule has 0 unspecified atom stereocenters. The third-order valence-corrected chi connectivity index (χ3v) is 0.384. The van der Waals surface area contributed by atoms with E-state index in [1.165, 1.54) is 12.5 Å². The van der Waals surface area contributed by atoms with Crippen molar-refractivity contribution >= 4 is 0 Å². The molecular weight excluding hydrogens is 96.0 g/mol. The average Bonchev–Trinajstić information content (AvgIpc) is 1.86. The van der Waals surface area contributed by atoms with E-state index in [1.807, 2.05) is 0 Å². The molecule has 0 spiro atoms. The number of hydrogen-bond acceptors (Lipinski definition) is 3. The lowest BCUT2D eigenvalue weighted by molar-refractivity contribution is 0.385. The van der Waals surface area contributed by atoms with Crippen molar-refractivity contribution in [3.8, 4) is 0 Å². The molecule has 0 saturated heterocycles. The van der Waals surface area contributed by atoms with Crippen LogP contribution in [0.5, 0.6) is 0 Å². The first-order chi connectivity index (χ1) is 2.89. The molecule has 0 bridgehead atoms. The fraction of sp³-hybridized carbons (Fsp3) is 0.250. The molecule has 0 aliphatic heterocycles. The van der Waals surface area contributed by atoms with E-state index in [0.717, 1.165) is 0 Å². The SMILES string of the molecule is C.O=c1occo1. The highest BCUT2D eigenvalue weighted by Crippen LogP contribution is 1.70. The van der Waals surface area contributed by atoms with E-state index in [0.29, 0.717) is 0 Å². The predicted molar refractivity (Wildman–Crippen MR) is 24.0 cm³/mol. The molecule has 1 aromatic rings. The van der Waals surface area contributed by atoms with Crippen LogP contribution in [-0.2, 0) is 0 Å². The van der Waals surface area contributed by atoms with Crippen LogP contribution in [0.4, 0.5) is 0 Å². The summed E-state index contributed by atoms with van der Waals surface area (Å²) in [4.78, 5) is 9.74. The molecule has 0 aliphatic rings. The molecule has 0 N–H and O–H groups in total. The van der Waals surface area contributed by atoms with Gasteiger partial charge < -0.3 is 8.83 Å². The minimum Gasteiger partial charge on any atom is -0.399 e. The van der Waals surface area contributed by atoms with Crippen LogP contribution in [0, 0.1) is 0 Å². The summed E-state index contributed by atoms with van der Waals surface area (Å²) in [5.41, 5.74) is 0. The third-order valence-electron chi connectivity index (χ3n) is 0.384. The van der Waals surface area contributed by atoms with E-state index >= 15 is 0 Å². The fourth-order valence-electron chi connectivity index (χ4n) is 0.194. The Morgan fingerprint density at radius 3 is 1.86 bits per heavy atom. The van der Waals surface area contributed by atoms with Crippen molar-refractivity contribution in [1.82, 2.24) is 0 Å². The van der Waals surface area contributed by atoms with Crippen LogP contribution in [0.2, 0.25) is 0 Å². The highest BCUT2D eigenvalue weighted by molar-refractivity contribution is 4.49. The van der Waals surface area contributed by atoms with Crippen molar-refractivity contribution in [3.05, 3.63) is 23.1 Å². The summed E-state index contributed by atoms with van der Waals surface area (Å²) in [5.74, 6) is -0.657. The average molecular weight is 102 g/mol. The first kappa shape index (κ1) is 6.01. The molecule has 3 nitrogen and oxygen atoms in total. The lowest BCUT2D eigenvalue weighted by Crippen LogP contribution is -1.83. The molecule has 1 rings (SSSR count). The van der Waals surface area contributed by atoms with Gasteiger partial charge in [0.15, 0.2) is 0 Å². The predicted octanol–water partition coefficient (Wildman–Crippen LogP) is 0.869. The summed E-state index contributed by atoms with van der Waals surface area (Å²) in [5, 5.41) is 0. The van der Waals surface area contributed by atoms with E-state index in [1.54, 1.807) is 0 Å². The lowest BCUT2D eigenvalue weighted by atomic mass is 11.1. The number of hydrogen-bond donors (Lipinski definition) is 0. The van der Waals surface area contributed by atoms with Crippen LogP contribution in [-0.4, -0.2) is 0 Å². The van der Waals surface area contributed by atoms with Gasteiger partial charge in [0.25, 0.3) is 0 Å². The van der Waals surface area contributed by atoms with Crippen molar-refractivity contribution in [2.45, 2.75) is 7.43 Å². The van der Waals surface area contributed by atoms with Gasteiger partial charge >= 0.3 is 5.82 Å². The Labute approximate surface area is 40.6 Å². The Kier molecular flexibility index (Phi) is 1.91. The zero-order valence-electron chi connectivity index (χ0n) is 2.88. The van der Waals surface area contributed by atoms with Gasteiger partial charge in [-0.2, -0.15) is 0 Å². The summed E-state index contributed by atoms with van der Waals surface area (Å²) in [6.45, 7) is 0. The first-order valence-corrected chi connectivity index (χ1v) is 1.42. The Bertz CT molecular complexity index is 145. The van der Waals surface area contributed by atoms with Crippen LogP contribution < -0.4 is 5.82 Å². The summed E-state index contributed by atoms with van der Waals surface area (Å²) < 4.78 is 8.22. The van der Waals surface area contributed by atoms with Crippen LogP contribution >= 0.6 is 0 Å². The molecule has 3 heteroatoms. The largest absolute Gasteiger partial charge is 0.518 e. The van der Waals surface area contributed by atoms with Crippen molar-refractivity contribution in [1.29, 1.82) is 0 Å².